The fourth-order valence-electron chi connectivity index (χ4n) is 9.84. The molecule has 0 unspecified atom stereocenters. The predicted octanol–water partition coefficient (Wildman–Crippen LogP) is 15.2. The summed E-state index contributed by atoms with van der Waals surface area (Å²) in [5.74, 6) is 1.73. The van der Waals surface area contributed by atoms with Crippen molar-refractivity contribution in [1.82, 2.24) is 19.5 Å². The van der Waals surface area contributed by atoms with Crippen molar-refractivity contribution in [1.29, 1.82) is 0 Å². The second-order valence-electron chi connectivity index (χ2n) is 16.4. The molecule has 63 heavy (non-hydrogen) atoms. The van der Waals surface area contributed by atoms with Gasteiger partial charge < -0.3 is 13.4 Å². The highest BCUT2D eigenvalue weighted by molar-refractivity contribution is 6.22. The van der Waals surface area contributed by atoms with Crippen LogP contribution < -0.4 is 0 Å². The summed E-state index contributed by atoms with van der Waals surface area (Å²) in [6, 6.07) is 68.1. The third kappa shape index (κ3) is 5.09. The maximum Gasteiger partial charge on any atom is 0.167 e. The number of hydrogen-bond donors (Lipinski definition) is 0. The van der Waals surface area contributed by atoms with Gasteiger partial charge in [-0.1, -0.05) is 140 Å². The molecule has 0 spiro atoms. The first kappa shape index (κ1) is 34.1. The molecule has 0 saturated carbocycles. The molecule has 10 aromatic carbocycles. The van der Waals surface area contributed by atoms with E-state index in [2.05, 4.69) is 138 Å². The van der Waals surface area contributed by atoms with E-state index in [0.29, 0.717) is 17.5 Å². The Labute approximate surface area is 358 Å². The van der Waals surface area contributed by atoms with Crippen LogP contribution in [0, 0.1) is 0 Å². The summed E-state index contributed by atoms with van der Waals surface area (Å²) in [4.78, 5) is 15.3. The molecule has 0 aliphatic rings. The van der Waals surface area contributed by atoms with Crippen molar-refractivity contribution in [2.45, 2.75) is 0 Å². The van der Waals surface area contributed by atoms with Gasteiger partial charge in [0.2, 0.25) is 0 Å². The molecule has 292 valence electrons. The number of nitrogens with zero attached hydrogens (tertiary/aromatic N) is 4. The van der Waals surface area contributed by atoms with Gasteiger partial charge in [-0.3, -0.25) is 0 Å². The van der Waals surface area contributed by atoms with E-state index in [4.69, 9.17) is 23.8 Å². The first-order valence-electron chi connectivity index (χ1n) is 21.2. The molecule has 4 heterocycles. The predicted molar refractivity (Wildman–Crippen MR) is 258 cm³/mol. The maximum atomic E-state index is 6.93. The molecule has 14 rings (SSSR count). The number of rotatable bonds is 4. The monoisotopic (exact) mass is 804 g/mol. The van der Waals surface area contributed by atoms with Gasteiger partial charge in [0.05, 0.1) is 22.3 Å². The van der Waals surface area contributed by atoms with Gasteiger partial charge in [0, 0.05) is 43.4 Å². The van der Waals surface area contributed by atoms with Crippen LogP contribution in [0.2, 0.25) is 0 Å². The number of benzene rings is 10. The van der Waals surface area contributed by atoms with E-state index in [1.807, 2.05) is 60.7 Å². The van der Waals surface area contributed by atoms with E-state index in [-0.39, 0.29) is 0 Å². The van der Waals surface area contributed by atoms with Crippen LogP contribution in [0.25, 0.3) is 138 Å². The van der Waals surface area contributed by atoms with Crippen LogP contribution in [0.5, 0.6) is 0 Å². The highest BCUT2D eigenvalue weighted by atomic mass is 16.3. The summed E-state index contributed by atoms with van der Waals surface area (Å²) in [5, 5.41) is 13.6. The Morgan fingerprint density at radius 2 is 0.937 bits per heavy atom. The standard InChI is InChI=1S/C57H32N4O2/c1-2-12-33(13-3-1)55-58-56(60-57(59-55)44-21-10-19-42-41-18-8-9-23-50(41)62-53(42)44)39-24-26-40-38(28-39)25-27-51-52(40)43-20-11-22-47(54(43)63-51)61-48-31-36-16-6-4-14-34(36)29-45(48)46-30-35-15-5-7-17-37(35)32-49(46)61/h1-32H. The zero-order valence-corrected chi connectivity index (χ0v) is 33.6. The van der Waals surface area contributed by atoms with Gasteiger partial charge >= 0.3 is 0 Å². The molecule has 0 fully saturated rings. The van der Waals surface area contributed by atoms with Crippen molar-refractivity contribution in [3.8, 4) is 39.9 Å². The van der Waals surface area contributed by atoms with Gasteiger partial charge in [-0.2, -0.15) is 0 Å². The van der Waals surface area contributed by atoms with Crippen molar-refractivity contribution in [2.75, 3.05) is 0 Å². The molecule has 0 aliphatic heterocycles. The second kappa shape index (κ2) is 12.9. The van der Waals surface area contributed by atoms with Crippen LogP contribution in [0.15, 0.2) is 203 Å². The minimum atomic E-state index is 0.554. The Bertz CT molecular complexity index is 4120. The van der Waals surface area contributed by atoms with E-state index in [0.717, 1.165) is 88.1 Å². The van der Waals surface area contributed by atoms with Crippen molar-refractivity contribution in [2.24, 2.45) is 0 Å². The number of aromatic nitrogens is 4. The van der Waals surface area contributed by atoms with Gasteiger partial charge in [0.15, 0.2) is 23.1 Å². The highest BCUT2D eigenvalue weighted by Crippen LogP contribution is 2.43. The first-order chi connectivity index (χ1) is 31.2. The van der Waals surface area contributed by atoms with Crippen molar-refractivity contribution in [3.05, 3.63) is 194 Å². The fourth-order valence-corrected chi connectivity index (χ4v) is 9.84. The molecule has 0 aliphatic carbocycles. The van der Waals surface area contributed by atoms with Gasteiger partial charge in [-0.05, 0) is 86.9 Å². The average molecular weight is 805 g/mol. The molecule has 0 bridgehead atoms. The molecular formula is C57H32N4O2. The Hall–Kier alpha value is -8.61. The summed E-state index contributed by atoms with van der Waals surface area (Å²) in [6.07, 6.45) is 0. The fraction of sp³-hybridized carbons (Fsp3) is 0. The normalized spacial score (nSPS) is 12.1. The van der Waals surface area contributed by atoms with Crippen LogP contribution in [-0.4, -0.2) is 19.5 Å². The van der Waals surface area contributed by atoms with Gasteiger partial charge in [-0.15, -0.1) is 0 Å². The summed E-state index contributed by atoms with van der Waals surface area (Å²) in [5.41, 5.74) is 9.17. The lowest BCUT2D eigenvalue weighted by molar-refractivity contribution is 0.666. The molecule has 0 saturated heterocycles. The Morgan fingerprint density at radius 1 is 0.333 bits per heavy atom. The lowest BCUT2D eigenvalue weighted by Gasteiger charge is -2.10. The smallest absolute Gasteiger partial charge is 0.167 e. The topological polar surface area (TPSA) is 69.9 Å². The minimum Gasteiger partial charge on any atom is -0.455 e. The third-order valence-corrected chi connectivity index (χ3v) is 12.8. The van der Waals surface area contributed by atoms with Gasteiger partial charge in [0.25, 0.3) is 0 Å². The summed E-state index contributed by atoms with van der Waals surface area (Å²) in [6.45, 7) is 0. The van der Waals surface area contributed by atoms with Gasteiger partial charge in [0.1, 0.15) is 16.7 Å². The van der Waals surface area contributed by atoms with E-state index in [1.165, 1.54) is 32.3 Å². The molecule has 0 atom stereocenters. The van der Waals surface area contributed by atoms with E-state index < -0.39 is 0 Å². The van der Waals surface area contributed by atoms with Crippen LogP contribution in [0.4, 0.5) is 0 Å². The first-order valence-corrected chi connectivity index (χ1v) is 21.2. The molecular weight excluding hydrogens is 773 g/mol. The molecule has 0 N–H and O–H groups in total. The molecule has 4 aromatic heterocycles. The molecule has 0 radical (unpaired) electrons. The lowest BCUT2D eigenvalue weighted by atomic mass is 10.0. The second-order valence-corrected chi connectivity index (χ2v) is 16.4. The van der Waals surface area contributed by atoms with Crippen molar-refractivity contribution >= 4 is 98.0 Å². The molecule has 14 aromatic rings. The average Bonchev–Trinajstić information content (AvgIpc) is 4.02. The van der Waals surface area contributed by atoms with Crippen LogP contribution in [0.3, 0.4) is 0 Å². The van der Waals surface area contributed by atoms with E-state index in [1.54, 1.807) is 0 Å². The molecule has 0 amide bonds. The number of hydrogen-bond acceptors (Lipinski definition) is 5. The highest BCUT2D eigenvalue weighted by Gasteiger charge is 2.22. The summed E-state index contributed by atoms with van der Waals surface area (Å²) < 4.78 is 15.8. The molecule has 6 nitrogen and oxygen atoms in total. The Morgan fingerprint density at radius 3 is 1.70 bits per heavy atom. The summed E-state index contributed by atoms with van der Waals surface area (Å²) >= 11 is 0. The number of furan rings is 2. The van der Waals surface area contributed by atoms with Crippen molar-refractivity contribution in [3.63, 3.8) is 0 Å². The van der Waals surface area contributed by atoms with Crippen molar-refractivity contribution < 1.29 is 8.83 Å². The zero-order valence-electron chi connectivity index (χ0n) is 33.6. The number of fused-ring (bicyclic) bond motifs is 13. The Balaban J connectivity index is 0.964. The van der Waals surface area contributed by atoms with E-state index in [9.17, 15) is 0 Å². The minimum absolute atomic E-state index is 0.554. The van der Waals surface area contributed by atoms with Gasteiger partial charge in [-0.25, -0.2) is 15.0 Å². The maximum absolute atomic E-state index is 6.93. The zero-order chi connectivity index (χ0) is 41.2. The quantitative estimate of drug-likeness (QED) is 0.177. The van der Waals surface area contributed by atoms with Crippen LogP contribution in [-0.2, 0) is 0 Å². The third-order valence-electron chi connectivity index (χ3n) is 12.8. The Kier molecular flexibility index (Phi) is 7.02. The SMILES string of the molecule is c1ccc(-c2nc(-c3ccc4c(ccc5oc6c(-n7c8cc9ccccc9cc8c8cc9ccccc9cc87)cccc6c54)c3)nc(-c3cccc4c3oc3ccccc34)n2)cc1. The van der Waals surface area contributed by atoms with Crippen LogP contribution >= 0.6 is 0 Å². The van der Waals surface area contributed by atoms with Crippen LogP contribution in [0.1, 0.15) is 0 Å². The molecule has 6 heteroatoms. The number of para-hydroxylation sites is 3. The summed E-state index contributed by atoms with van der Waals surface area (Å²) in [7, 11) is 0. The van der Waals surface area contributed by atoms with E-state index >= 15 is 0 Å². The lowest BCUT2D eigenvalue weighted by Crippen LogP contribution is -2.00. The largest absolute Gasteiger partial charge is 0.455 e.